The first-order chi connectivity index (χ1) is 20.0. The van der Waals surface area contributed by atoms with Gasteiger partial charge in [-0.1, -0.05) is 43.3 Å². The molecule has 3 aliphatic heterocycles. The van der Waals surface area contributed by atoms with E-state index in [1.165, 1.54) is 29.7 Å². The van der Waals surface area contributed by atoms with Gasteiger partial charge in [-0.3, -0.25) is 0 Å². The van der Waals surface area contributed by atoms with Crippen molar-refractivity contribution in [2.24, 2.45) is 5.92 Å². The summed E-state index contributed by atoms with van der Waals surface area (Å²) in [5.74, 6) is 2.77. The Bertz CT molecular complexity index is 1360. The molecule has 9 heteroatoms. The van der Waals surface area contributed by atoms with E-state index in [2.05, 4.69) is 57.7 Å². The maximum atomic E-state index is 13.7. The number of hydrogen-bond donors (Lipinski definition) is 2. The van der Waals surface area contributed by atoms with Crippen molar-refractivity contribution in [1.82, 2.24) is 15.3 Å². The zero-order valence-corrected chi connectivity index (χ0v) is 24.6. The molecule has 6 rings (SSSR count). The van der Waals surface area contributed by atoms with Gasteiger partial charge in [0.1, 0.15) is 17.5 Å². The molecule has 2 aromatic carbocycles. The molecule has 1 atom stereocenters. The summed E-state index contributed by atoms with van der Waals surface area (Å²) in [4.78, 5) is 14.6. The minimum absolute atomic E-state index is 0.184. The molecule has 0 aliphatic carbocycles. The number of piperidine rings is 1. The van der Waals surface area contributed by atoms with E-state index < -0.39 is 0 Å². The van der Waals surface area contributed by atoms with E-state index in [-0.39, 0.29) is 11.2 Å². The number of anilines is 3. The van der Waals surface area contributed by atoms with Crippen LogP contribution < -0.4 is 20.4 Å². The summed E-state index contributed by atoms with van der Waals surface area (Å²) in [5, 5.41) is 7.22. The van der Waals surface area contributed by atoms with Gasteiger partial charge in [0, 0.05) is 57.4 Å². The Labute approximate surface area is 247 Å². The first kappa shape index (κ1) is 27.8. The van der Waals surface area contributed by atoms with E-state index in [1.807, 2.05) is 12.1 Å². The SMILES string of the molecule is CC1CCCN(c2cc(N3CCc4ccccc4C3)nc(NC(=S)NCC3(c4ccc(F)cc4)CCOCC3)n2)C1. The molecule has 7 nitrogen and oxygen atoms in total. The Morgan fingerprint density at radius 3 is 2.51 bits per heavy atom. The molecule has 2 saturated heterocycles. The van der Waals surface area contributed by atoms with Crippen molar-refractivity contribution in [3.63, 3.8) is 0 Å². The number of aromatic nitrogens is 2. The number of fused-ring (bicyclic) bond motifs is 1. The summed E-state index contributed by atoms with van der Waals surface area (Å²) in [6.07, 6.45) is 5.09. The van der Waals surface area contributed by atoms with Gasteiger partial charge in [-0.05, 0) is 79.1 Å². The maximum Gasteiger partial charge on any atom is 0.232 e. The fourth-order valence-corrected chi connectivity index (χ4v) is 6.58. The second-order valence-electron chi connectivity index (χ2n) is 11.7. The topological polar surface area (TPSA) is 65.5 Å². The molecule has 3 aliphatic rings. The predicted octanol–water partition coefficient (Wildman–Crippen LogP) is 5.45. The number of benzene rings is 2. The molecule has 4 heterocycles. The van der Waals surface area contributed by atoms with E-state index in [9.17, 15) is 4.39 Å². The third-order valence-electron chi connectivity index (χ3n) is 8.85. The van der Waals surface area contributed by atoms with Crippen LogP contribution in [0, 0.1) is 11.7 Å². The van der Waals surface area contributed by atoms with E-state index in [1.54, 1.807) is 0 Å². The first-order valence-electron chi connectivity index (χ1n) is 14.8. The molecule has 1 aromatic heterocycles. The quantitative estimate of drug-likeness (QED) is 0.377. The fourth-order valence-electron chi connectivity index (χ4n) is 6.42. The number of halogens is 1. The highest BCUT2D eigenvalue weighted by Gasteiger charge is 2.34. The van der Waals surface area contributed by atoms with E-state index in [0.29, 0.717) is 36.7 Å². The third-order valence-corrected chi connectivity index (χ3v) is 9.10. The van der Waals surface area contributed by atoms with E-state index in [4.69, 9.17) is 26.9 Å². The van der Waals surface area contributed by atoms with Gasteiger partial charge < -0.3 is 25.2 Å². The lowest BCUT2D eigenvalue weighted by atomic mass is 9.74. The van der Waals surface area contributed by atoms with Crippen molar-refractivity contribution >= 4 is 34.9 Å². The highest BCUT2D eigenvalue weighted by Crippen LogP contribution is 2.35. The Morgan fingerprint density at radius 1 is 1.02 bits per heavy atom. The van der Waals surface area contributed by atoms with E-state index in [0.717, 1.165) is 69.1 Å². The van der Waals surface area contributed by atoms with Gasteiger partial charge in [-0.25, -0.2) is 4.39 Å². The van der Waals surface area contributed by atoms with Crippen LogP contribution in [0.5, 0.6) is 0 Å². The molecule has 41 heavy (non-hydrogen) atoms. The van der Waals surface area contributed by atoms with Crippen LogP contribution in [0.3, 0.4) is 0 Å². The monoisotopic (exact) mass is 574 g/mol. The van der Waals surface area contributed by atoms with Crippen LogP contribution >= 0.6 is 12.2 Å². The fraction of sp³-hybridized carbons (Fsp3) is 0.469. The smallest absolute Gasteiger partial charge is 0.232 e. The Balaban J connectivity index is 1.21. The van der Waals surface area contributed by atoms with Crippen molar-refractivity contribution in [3.8, 4) is 0 Å². The molecule has 2 fully saturated rings. The molecule has 216 valence electrons. The number of rotatable bonds is 6. The summed E-state index contributed by atoms with van der Waals surface area (Å²) in [5.41, 5.74) is 3.67. The van der Waals surface area contributed by atoms with Crippen molar-refractivity contribution in [3.05, 3.63) is 77.1 Å². The highest BCUT2D eigenvalue weighted by atomic mass is 32.1. The van der Waals surface area contributed by atoms with Crippen molar-refractivity contribution in [2.75, 3.05) is 54.5 Å². The number of thiocarbonyl (C=S) groups is 1. The molecule has 0 saturated carbocycles. The van der Waals surface area contributed by atoms with Crippen LogP contribution in [0.25, 0.3) is 0 Å². The number of nitrogens with one attached hydrogen (secondary N) is 2. The third kappa shape index (κ3) is 6.46. The summed E-state index contributed by atoms with van der Waals surface area (Å²) in [7, 11) is 0. The maximum absolute atomic E-state index is 13.7. The summed E-state index contributed by atoms with van der Waals surface area (Å²) in [6.45, 7) is 7.98. The number of nitrogens with zero attached hydrogens (tertiary/aromatic N) is 4. The van der Waals surface area contributed by atoms with Crippen molar-refractivity contribution in [2.45, 2.75) is 51.0 Å². The van der Waals surface area contributed by atoms with Crippen LogP contribution in [-0.2, 0) is 23.1 Å². The molecular formula is C32H39FN6OS. The molecule has 2 N–H and O–H groups in total. The largest absolute Gasteiger partial charge is 0.381 e. The van der Waals surface area contributed by atoms with Crippen LogP contribution in [0.2, 0.25) is 0 Å². The van der Waals surface area contributed by atoms with Gasteiger partial charge in [0.25, 0.3) is 0 Å². The average molecular weight is 575 g/mol. The van der Waals surface area contributed by atoms with Crippen molar-refractivity contribution in [1.29, 1.82) is 0 Å². The predicted molar refractivity (Wildman–Crippen MR) is 166 cm³/mol. The first-order valence-corrected chi connectivity index (χ1v) is 15.2. The van der Waals surface area contributed by atoms with Gasteiger partial charge in [0.05, 0.1) is 0 Å². The van der Waals surface area contributed by atoms with Crippen LogP contribution in [0.1, 0.15) is 49.3 Å². The normalized spacial score (nSPS) is 20.3. The lowest BCUT2D eigenvalue weighted by Crippen LogP contribution is -2.45. The minimum atomic E-state index is -0.228. The second-order valence-corrected chi connectivity index (χ2v) is 12.2. The van der Waals surface area contributed by atoms with Gasteiger partial charge in [-0.2, -0.15) is 9.97 Å². The van der Waals surface area contributed by atoms with Gasteiger partial charge in [-0.15, -0.1) is 0 Å². The highest BCUT2D eigenvalue weighted by molar-refractivity contribution is 7.80. The minimum Gasteiger partial charge on any atom is -0.381 e. The Hall–Kier alpha value is -3.30. The summed E-state index contributed by atoms with van der Waals surface area (Å²) in [6, 6.07) is 17.6. The van der Waals surface area contributed by atoms with Crippen LogP contribution in [0.4, 0.5) is 22.0 Å². The second kappa shape index (κ2) is 12.3. The Kier molecular flexibility index (Phi) is 8.35. The van der Waals surface area contributed by atoms with Gasteiger partial charge in [0.2, 0.25) is 5.95 Å². The number of ether oxygens (including phenoxy) is 1. The van der Waals surface area contributed by atoms with Crippen LogP contribution in [-0.4, -0.2) is 54.5 Å². The standard InChI is InChI=1S/C32H39FN6OS/c1-23-5-4-15-38(20-23)28-19-29(39-16-12-24-6-2-3-7-25(24)21-39)36-30(35-28)37-31(41)34-22-32(13-17-40-18-14-32)26-8-10-27(33)11-9-26/h2-3,6-11,19,23H,4-5,12-18,20-22H2,1H3,(H2,34,35,36,37,41). The van der Waals surface area contributed by atoms with Crippen LogP contribution in [0.15, 0.2) is 54.6 Å². The zero-order valence-electron chi connectivity index (χ0n) is 23.7. The van der Waals surface area contributed by atoms with Crippen molar-refractivity contribution < 1.29 is 9.13 Å². The van der Waals surface area contributed by atoms with Gasteiger partial charge in [0.15, 0.2) is 5.11 Å². The summed E-state index contributed by atoms with van der Waals surface area (Å²) >= 11 is 5.77. The molecule has 1 unspecified atom stereocenters. The molecular weight excluding hydrogens is 535 g/mol. The molecule has 0 spiro atoms. The molecule has 0 amide bonds. The molecule has 3 aromatic rings. The number of hydrogen-bond acceptors (Lipinski definition) is 6. The zero-order chi connectivity index (χ0) is 28.2. The molecule has 0 bridgehead atoms. The lowest BCUT2D eigenvalue weighted by molar-refractivity contribution is 0.0515. The lowest BCUT2D eigenvalue weighted by Gasteiger charge is -2.38. The van der Waals surface area contributed by atoms with E-state index >= 15 is 0 Å². The molecule has 0 radical (unpaired) electrons. The summed E-state index contributed by atoms with van der Waals surface area (Å²) < 4.78 is 19.3. The Morgan fingerprint density at radius 2 is 1.76 bits per heavy atom. The average Bonchev–Trinajstić information content (AvgIpc) is 3.00. The van der Waals surface area contributed by atoms with Gasteiger partial charge >= 0.3 is 0 Å².